The molecule has 5 nitrogen and oxygen atoms in total. The van der Waals surface area contributed by atoms with Gasteiger partial charge < -0.3 is 15.2 Å². The average Bonchev–Trinajstić information content (AvgIpc) is 2.42. The van der Waals surface area contributed by atoms with E-state index in [0.717, 1.165) is 11.4 Å². The largest absolute Gasteiger partial charge is 0.389 e. The molecule has 1 atom stereocenters. The number of aliphatic hydroxyl groups is 1. The zero-order valence-electron chi connectivity index (χ0n) is 8.82. The van der Waals surface area contributed by atoms with E-state index in [1.807, 2.05) is 20.2 Å². The third-order valence-corrected chi connectivity index (χ3v) is 1.90. The van der Waals surface area contributed by atoms with Crippen LogP contribution in [0.25, 0.3) is 0 Å². The molecule has 1 rings (SSSR count). The van der Waals surface area contributed by atoms with Gasteiger partial charge in [0.2, 0.25) is 0 Å². The minimum Gasteiger partial charge on any atom is -0.389 e. The number of ether oxygens (including phenoxy) is 1. The molecule has 1 aromatic heterocycles. The van der Waals surface area contributed by atoms with Crippen LogP contribution in [0.5, 0.6) is 0 Å². The molecule has 1 heterocycles. The summed E-state index contributed by atoms with van der Waals surface area (Å²) >= 11 is 0. The van der Waals surface area contributed by atoms with E-state index in [4.69, 9.17) is 4.74 Å². The van der Waals surface area contributed by atoms with Crippen LogP contribution in [0.4, 0.5) is 5.69 Å². The number of rotatable bonds is 5. The van der Waals surface area contributed by atoms with Gasteiger partial charge in [0.15, 0.2) is 0 Å². The van der Waals surface area contributed by atoms with Crippen LogP contribution in [0.2, 0.25) is 0 Å². The lowest BCUT2D eigenvalue weighted by Gasteiger charge is -2.10. The fraction of sp³-hybridized carbons (Fsp3) is 0.667. The van der Waals surface area contributed by atoms with Crippen molar-refractivity contribution < 1.29 is 9.84 Å². The van der Waals surface area contributed by atoms with E-state index in [2.05, 4.69) is 10.4 Å². The van der Waals surface area contributed by atoms with E-state index in [1.54, 1.807) is 11.8 Å². The molecular weight excluding hydrogens is 182 g/mol. The van der Waals surface area contributed by atoms with Gasteiger partial charge in [-0.1, -0.05) is 0 Å². The second-order valence-electron chi connectivity index (χ2n) is 3.29. The highest BCUT2D eigenvalue weighted by Gasteiger charge is 2.06. The fourth-order valence-corrected chi connectivity index (χ4v) is 1.25. The topological polar surface area (TPSA) is 59.3 Å². The minimum atomic E-state index is -0.486. The standard InChI is InChI=1S/C9H17N3O2/c1-7-9(5-12(2)11-7)10-4-8(13)6-14-3/h5,8,10,13H,4,6H2,1-3H3. The third-order valence-electron chi connectivity index (χ3n) is 1.90. The summed E-state index contributed by atoms with van der Waals surface area (Å²) in [7, 11) is 3.43. The molecule has 1 aromatic rings. The molecule has 0 aliphatic carbocycles. The number of aliphatic hydroxyl groups excluding tert-OH is 1. The molecular formula is C9H17N3O2. The maximum absolute atomic E-state index is 9.39. The normalized spacial score (nSPS) is 12.9. The summed E-state index contributed by atoms with van der Waals surface area (Å²) in [6, 6.07) is 0. The molecule has 0 aliphatic heterocycles. The van der Waals surface area contributed by atoms with Gasteiger partial charge in [-0.2, -0.15) is 5.10 Å². The molecule has 0 fully saturated rings. The first kappa shape index (κ1) is 11.0. The van der Waals surface area contributed by atoms with Gasteiger partial charge in [-0.15, -0.1) is 0 Å². The molecule has 0 spiro atoms. The number of anilines is 1. The van der Waals surface area contributed by atoms with Gasteiger partial charge in [0, 0.05) is 26.9 Å². The number of methoxy groups -OCH3 is 1. The van der Waals surface area contributed by atoms with E-state index in [9.17, 15) is 5.11 Å². The minimum absolute atomic E-state index is 0.340. The maximum Gasteiger partial charge on any atom is 0.0945 e. The maximum atomic E-state index is 9.39. The third kappa shape index (κ3) is 3.01. The highest BCUT2D eigenvalue weighted by molar-refractivity contribution is 5.45. The van der Waals surface area contributed by atoms with Crippen LogP contribution in [0.1, 0.15) is 5.69 Å². The van der Waals surface area contributed by atoms with Crippen LogP contribution < -0.4 is 5.32 Å². The predicted molar refractivity (Wildman–Crippen MR) is 54.3 cm³/mol. The second kappa shape index (κ2) is 4.97. The van der Waals surface area contributed by atoms with Gasteiger partial charge in [-0.3, -0.25) is 4.68 Å². The molecule has 0 aliphatic rings. The predicted octanol–water partition coefficient (Wildman–Crippen LogP) is 0.148. The van der Waals surface area contributed by atoms with Crippen LogP contribution in [-0.4, -0.2) is 41.3 Å². The van der Waals surface area contributed by atoms with Gasteiger partial charge in [0.05, 0.1) is 24.1 Å². The van der Waals surface area contributed by atoms with E-state index >= 15 is 0 Å². The summed E-state index contributed by atoms with van der Waals surface area (Å²) in [5.41, 5.74) is 1.87. The number of nitrogens with zero attached hydrogens (tertiary/aromatic N) is 2. The van der Waals surface area contributed by atoms with Crippen molar-refractivity contribution in [3.05, 3.63) is 11.9 Å². The summed E-state index contributed by atoms with van der Waals surface area (Å²) in [6.45, 7) is 2.73. The smallest absolute Gasteiger partial charge is 0.0945 e. The van der Waals surface area contributed by atoms with Gasteiger partial charge in [0.25, 0.3) is 0 Å². The van der Waals surface area contributed by atoms with E-state index in [0.29, 0.717) is 13.2 Å². The van der Waals surface area contributed by atoms with Crippen molar-refractivity contribution in [2.24, 2.45) is 7.05 Å². The van der Waals surface area contributed by atoms with Crippen LogP contribution in [0, 0.1) is 6.92 Å². The van der Waals surface area contributed by atoms with Gasteiger partial charge >= 0.3 is 0 Å². The highest BCUT2D eigenvalue weighted by atomic mass is 16.5. The Morgan fingerprint density at radius 1 is 1.71 bits per heavy atom. The molecule has 80 valence electrons. The van der Waals surface area contributed by atoms with Crippen molar-refractivity contribution in [3.8, 4) is 0 Å². The second-order valence-corrected chi connectivity index (χ2v) is 3.29. The van der Waals surface area contributed by atoms with Crippen molar-refractivity contribution in [2.75, 3.05) is 25.6 Å². The zero-order valence-corrected chi connectivity index (χ0v) is 8.82. The summed E-state index contributed by atoms with van der Waals surface area (Å²) in [4.78, 5) is 0. The van der Waals surface area contributed by atoms with Crippen molar-refractivity contribution in [1.82, 2.24) is 9.78 Å². The molecule has 0 radical (unpaired) electrons. The Morgan fingerprint density at radius 2 is 2.43 bits per heavy atom. The van der Waals surface area contributed by atoms with Crippen molar-refractivity contribution >= 4 is 5.69 Å². The molecule has 0 saturated heterocycles. The number of hydrogen-bond donors (Lipinski definition) is 2. The molecule has 1 unspecified atom stereocenters. The zero-order chi connectivity index (χ0) is 10.6. The fourth-order valence-electron chi connectivity index (χ4n) is 1.25. The lowest BCUT2D eigenvalue weighted by Crippen LogP contribution is -2.24. The van der Waals surface area contributed by atoms with Crippen LogP contribution in [0.3, 0.4) is 0 Å². The summed E-state index contributed by atoms with van der Waals surface area (Å²) in [5, 5.41) is 16.7. The van der Waals surface area contributed by atoms with Crippen LogP contribution in [-0.2, 0) is 11.8 Å². The van der Waals surface area contributed by atoms with E-state index in [1.165, 1.54) is 0 Å². The number of nitrogens with one attached hydrogen (secondary N) is 1. The first-order valence-electron chi connectivity index (χ1n) is 4.54. The van der Waals surface area contributed by atoms with E-state index < -0.39 is 6.10 Å². The first-order valence-corrected chi connectivity index (χ1v) is 4.54. The number of aromatic nitrogens is 2. The molecule has 0 saturated carbocycles. The highest BCUT2D eigenvalue weighted by Crippen LogP contribution is 2.10. The number of aryl methyl sites for hydroxylation is 2. The molecule has 0 aromatic carbocycles. The lowest BCUT2D eigenvalue weighted by atomic mass is 10.3. The average molecular weight is 199 g/mol. The Morgan fingerprint density at radius 3 is 2.93 bits per heavy atom. The van der Waals surface area contributed by atoms with Crippen molar-refractivity contribution in [3.63, 3.8) is 0 Å². The first-order chi connectivity index (χ1) is 6.63. The molecule has 2 N–H and O–H groups in total. The lowest BCUT2D eigenvalue weighted by molar-refractivity contribution is 0.0727. The molecule has 5 heteroatoms. The van der Waals surface area contributed by atoms with Crippen LogP contribution in [0.15, 0.2) is 6.20 Å². The quantitative estimate of drug-likeness (QED) is 0.708. The number of hydrogen-bond acceptors (Lipinski definition) is 4. The summed E-state index contributed by atoms with van der Waals surface area (Å²) in [5.74, 6) is 0. The Balaban J connectivity index is 2.41. The molecule has 14 heavy (non-hydrogen) atoms. The Kier molecular flexibility index (Phi) is 3.91. The van der Waals surface area contributed by atoms with Crippen LogP contribution >= 0.6 is 0 Å². The van der Waals surface area contributed by atoms with Gasteiger partial charge in [-0.25, -0.2) is 0 Å². The van der Waals surface area contributed by atoms with Gasteiger partial charge in [0.1, 0.15) is 0 Å². The monoisotopic (exact) mass is 199 g/mol. The summed E-state index contributed by atoms with van der Waals surface area (Å²) in [6.07, 6.45) is 1.40. The molecule has 0 bridgehead atoms. The SMILES string of the molecule is COCC(O)CNc1cn(C)nc1C. The van der Waals surface area contributed by atoms with Crippen molar-refractivity contribution in [1.29, 1.82) is 0 Å². The molecule has 0 amide bonds. The van der Waals surface area contributed by atoms with Gasteiger partial charge in [-0.05, 0) is 6.92 Å². The van der Waals surface area contributed by atoms with Crippen molar-refractivity contribution in [2.45, 2.75) is 13.0 Å². The van der Waals surface area contributed by atoms with E-state index in [-0.39, 0.29) is 0 Å². The summed E-state index contributed by atoms with van der Waals surface area (Å²) < 4.78 is 6.55. The Labute approximate surface area is 83.7 Å². The Bertz CT molecular complexity index is 286. The Hall–Kier alpha value is -1.07.